The smallest absolute Gasteiger partial charge is 0.215 e. The average Bonchev–Trinajstić information content (AvgIpc) is 2.84. The normalized spacial score (nSPS) is 10.8. The molecule has 0 fully saturated rings. The third-order valence-electron chi connectivity index (χ3n) is 3.00. The van der Waals surface area contributed by atoms with Crippen LogP contribution in [0.2, 0.25) is 0 Å². The lowest BCUT2D eigenvalue weighted by Crippen LogP contribution is -1.93. The number of hydrogen-bond acceptors (Lipinski definition) is 3. The predicted molar refractivity (Wildman–Crippen MR) is 68.5 cm³/mol. The number of nitrogens with zero attached hydrogens (tertiary/aromatic N) is 3. The Labute approximate surface area is 108 Å². The van der Waals surface area contributed by atoms with Crippen molar-refractivity contribution in [3.8, 4) is 11.1 Å². The van der Waals surface area contributed by atoms with Crippen LogP contribution in [-0.4, -0.2) is 20.7 Å². The highest BCUT2D eigenvalue weighted by Crippen LogP contribution is 2.21. The first kappa shape index (κ1) is 11.5. The van der Waals surface area contributed by atoms with E-state index in [2.05, 4.69) is 9.97 Å². The van der Waals surface area contributed by atoms with Crippen LogP contribution in [0.4, 0.5) is 4.39 Å². The molecule has 0 bridgehead atoms. The summed E-state index contributed by atoms with van der Waals surface area (Å²) in [5, 5.41) is 0. The Bertz CT molecular complexity index is 779. The fraction of sp³-hybridized carbons (Fsp3) is 0.0714. The van der Waals surface area contributed by atoms with Gasteiger partial charge in [0.25, 0.3) is 0 Å². The van der Waals surface area contributed by atoms with Crippen LogP contribution in [0, 0.1) is 12.9 Å². The van der Waals surface area contributed by atoms with Crippen LogP contribution in [0.3, 0.4) is 0 Å². The van der Waals surface area contributed by atoms with E-state index in [0.717, 1.165) is 17.4 Å². The Balaban J connectivity index is 2.18. The number of hydrogen-bond donors (Lipinski definition) is 0. The SMILES string of the molecule is Cc1cc(-c2ccc3ncc(C=O)n3c2)cnc1F. The third-order valence-corrected chi connectivity index (χ3v) is 3.00. The number of imidazole rings is 1. The summed E-state index contributed by atoms with van der Waals surface area (Å²) in [5.74, 6) is -0.471. The van der Waals surface area contributed by atoms with Crippen molar-refractivity contribution in [3.05, 3.63) is 54.0 Å². The zero-order valence-corrected chi connectivity index (χ0v) is 10.2. The first-order chi connectivity index (χ1) is 9.19. The molecule has 0 aliphatic heterocycles. The summed E-state index contributed by atoms with van der Waals surface area (Å²) in [5.41, 5.74) is 3.30. The van der Waals surface area contributed by atoms with Crippen molar-refractivity contribution in [3.63, 3.8) is 0 Å². The van der Waals surface area contributed by atoms with Gasteiger partial charge in [0.2, 0.25) is 5.95 Å². The molecule has 0 N–H and O–H groups in total. The van der Waals surface area contributed by atoms with E-state index in [9.17, 15) is 9.18 Å². The van der Waals surface area contributed by atoms with Crippen molar-refractivity contribution in [1.82, 2.24) is 14.4 Å². The van der Waals surface area contributed by atoms with Crippen molar-refractivity contribution < 1.29 is 9.18 Å². The van der Waals surface area contributed by atoms with Gasteiger partial charge in [-0.1, -0.05) is 0 Å². The van der Waals surface area contributed by atoms with Crippen molar-refractivity contribution >= 4 is 11.9 Å². The van der Waals surface area contributed by atoms with Crippen LogP contribution in [0.1, 0.15) is 16.1 Å². The van der Waals surface area contributed by atoms with Crippen LogP contribution < -0.4 is 0 Å². The summed E-state index contributed by atoms with van der Waals surface area (Å²) in [6, 6.07) is 5.40. The molecule has 0 aliphatic rings. The maximum Gasteiger partial charge on any atom is 0.215 e. The van der Waals surface area contributed by atoms with Crippen LogP contribution in [0.25, 0.3) is 16.8 Å². The average molecular weight is 255 g/mol. The lowest BCUT2D eigenvalue weighted by Gasteiger charge is -2.04. The maximum atomic E-state index is 13.2. The first-order valence-electron chi connectivity index (χ1n) is 5.74. The zero-order chi connectivity index (χ0) is 13.4. The van der Waals surface area contributed by atoms with E-state index in [1.807, 2.05) is 6.07 Å². The van der Waals surface area contributed by atoms with Gasteiger partial charge in [0.15, 0.2) is 6.29 Å². The van der Waals surface area contributed by atoms with Gasteiger partial charge in [-0.3, -0.25) is 9.20 Å². The number of aldehydes is 1. The highest BCUT2D eigenvalue weighted by Gasteiger charge is 2.06. The fourth-order valence-corrected chi connectivity index (χ4v) is 1.97. The van der Waals surface area contributed by atoms with E-state index in [1.165, 1.54) is 12.4 Å². The molecule has 0 aromatic carbocycles. The Morgan fingerprint density at radius 2 is 2.05 bits per heavy atom. The standard InChI is InChI=1S/C14H10FN3O/c1-9-4-11(5-17-14(9)15)10-2-3-13-16-6-12(8-19)18(13)7-10/h2-8H,1H3. The minimum absolute atomic E-state index is 0.471. The second kappa shape index (κ2) is 4.28. The quantitative estimate of drug-likeness (QED) is 0.522. The Morgan fingerprint density at radius 3 is 2.79 bits per heavy atom. The molecule has 0 amide bonds. The molecule has 0 radical (unpaired) electrons. The van der Waals surface area contributed by atoms with E-state index in [1.54, 1.807) is 29.7 Å². The summed E-state index contributed by atoms with van der Waals surface area (Å²) in [4.78, 5) is 18.7. The molecule has 3 heterocycles. The molecule has 0 saturated carbocycles. The van der Waals surface area contributed by atoms with E-state index >= 15 is 0 Å². The van der Waals surface area contributed by atoms with Gasteiger partial charge in [0, 0.05) is 29.1 Å². The molecule has 3 aromatic rings. The third kappa shape index (κ3) is 1.89. The molecule has 3 rings (SSSR count). The van der Waals surface area contributed by atoms with Gasteiger partial charge in [-0.05, 0) is 25.1 Å². The van der Waals surface area contributed by atoms with Crippen molar-refractivity contribution in [2.45, 2.75) is 6.92 Å². The molecule has 0 atom stereocenters. The number of rotatable bonds is 2. The summed E-state index contributed by atoms with van der Waals surface area (Å²) >= 11 is 0. The summed E-state index contributed by atoms with van der Waals surface area (Å²) in [7, 11) is 0. The second-order valence-corrected chi connectivity index (χ2v) is 4.28. The molecule has 4 nitrogen and oxygen atoms in total. The topological polar surface area (TPSA) is 47.3 Å². The molecule has 19 heavy (non-hydrogen) atoms. The van der Waals surface area contributed by atoms with E-state index in [0.29, 0.717) is 16.9 Å². The van der Waals surface area contributed by atoms with Gasteiger partial charge < -0.3 is 0 Å². The van der Waals surface area contributed by atoms with Gasteiger partial charge in [0.05, 0.1) is 6.20 Å². The molecular formula is C14H10FN3O. The molecule has 3 aromatic heterocycles. The fourth-order valence-electron chi connectivity index (χ4n) is 1.97. The Hall–Kier alpha value is -2.56. The predicted octanol–water partition coefficient (Wildman–Crippen LogP) is 2.66. The Kier molecular flexibility index (Phi) is 2.59. The van der Waals surface area contributed by atoms with Gasteiger partial charge in [0.1, 0.15) is 11.3 Å². The molecule has 0 spiro atoms. The second-order valence-electron chi connectivity index (χ2n) is 4.28. The monoisotopic (exact) mass is 255 g/mol. The van der Waals surface area contributed by atoms with Gasteiger partial charge in [-0.25, -0.2) is 9.97 Å². The number of fused-ring (bicyclic) bond motifs is 1. The lowest BCUT2D eigenvalue weighted by molar-refractivity contribution is 0.111. The van der Waals surface area contributed by atoms with Gasteiger partial charge in [-0.15, -0.1) is 0 Å². The highest BCUT2D eigenvalue weighted by molar-refractivity contribution is 5.75. The number of carbonyl (C=O) groups is 1. The summed E-state index contributed by atoms with van der Waals surface area (Å²) in [6.45, 7) is 1.67. The molecule has 0 unspecified atom stereocenters. The number of aromatic nitrogens is 3. The summed E-state index contributed by atoms with van der Waals surface area (Å²) in [6.07, 6.45) is 5.53. The maximum absolute atomic E-state index is 13.2. The molecular weight excluding hydrogens is 245 g/mol. The van der Waals surface area contributed by atoms with Crippen molar-refractivity contribution in [2.24, 2.45) is 0 Å². The summed E-state index contributed by atoms with van der Waals surface area (Å²) < 4.78 is 14.9. The van der Waals surface area contributed by atoms with Crippen LogP contribution in [-0.2, 0) is 0 Å². The van der Waals surface area contributed by atoms with Crippen LogP contribution in [0.15, 0.2) is 36.8 Å². The Morgan fingerprint density at radius 1 is 1.21 bits per heavy atom. The molecule has 94 valence electrons. The lowest BCUT2D eigenvalue weighted by atomic mass is 10.1. The largest absolute Gasteiger partial charge is 0.297 e. The number of halogens is 1. The molecule has 5 heteroatoms. The van der Waals surface area contributed by atoms with Crippen molar-refractivity contribution in [1.29, 1.82) is 0 Å². The number of pyridine rings is 2. The number of aryl methyl sites for hydroxylation is 1. The van der Waals surface area contributed by atoms with E-state index in [4.69, 9.17) is 0 Å². The van der Waals surface area contributed by atoms with Gasteiger partial charge >= 0.3 is 0 Å². The van der Waals surface area contributed by atoms with E-state index in [-0.39, 0.29) is 0 Å². The minimum atomic E-state index is -0.471. The highest BCUT2D eigenvalue weighted by atomic mass is 19.1. The van der Waals surface area contributed by atoms with Crippen LogP contribution in [0.5, 0.6) is 0 Å². The minimum Gasteiger partial charge on any atom is -0.297 e. The molecule has 0 aliphatic carbocycles. The zero-order valence-electron chi connectivity index (χ0n) is 10.2. The molecule has 0 saturated heterocycles. The van der Waals surface area contributed by atoms with Gasteiger partial charge in [-0.2, -0.15) is 4.39 Å². The number of carbonyl (C=O) groups excluding carboxylic acids is 1. The van der Waals surface area contributed by atoms with E-state index < -0.39 is 5.95 Å². The van der Waals surface area contributed by atoms with Crippen LogP contribution >= 0.6 is 0 Å². The van der Waals surface area contributed by atoms with Crippen molar-refractivity contribution in [2.75, 3.05) is 0 Å². The first-order valence-corrected chi connectivity index (χ1v) is 5.74.